The first-order valence-electron chi connectivity index (χ1n) is 10.2. The standard InChI is InChI=1S/C22H23N7O4/c1-14-3-5-17(6-4-14)33-13-16(30)12-29-18-19(28(2)22(32)26-20(18)31)25-21(29)27-24-11-15-7-9-23-10-8-15/h3-11,16,30H,12-13H2,1-2H3,(H,25,27)(H,26,31,32). The maximum Gasteiger partial charge on any atom is 0.329 e. The van der Waals surface area contributed by atoms with Gasteiger partial charge in [-0.25, -0.2) is 10.2 Å². The molecule has 0 aliphatic heterocycles. The number of nitrogens with one attached hydrogen (secondary N) is 2. The Morgan fingerprint density at radius 3 is 2.67 bits per heavy atom. The number of hydrazone groups is 1. The number of pyridine rings is 1. The summed E-state index contributed by atoms with van der Waals surface area (Å²) >= 11 is 0. The van der Waals surface area contributed by atoms with E-state index < -0.39 is 17.4 Å². The van der Waals surface area contributed by atoms with Gasteiger partial charge in [0.25, 0.3) is 5.56 Å². The van der Waals surface area contributed by atoms with Gasteiger partial charge in [-0.2, -0.15) is 10.1 Å². The molecule has 11 heteroatoms. The average molecular weight is 449 g/mol. The zero-order valence-electron chi connectivity index (χ0n) is 18.1. The first-order valence-corrected chi connectivity index (χ1v) is 10.2. The van der Waals surface area contributed by atoms with E-state index in [1.165, 1.54) is 16.2 Å². The van der Waals surface area contributed by atoms with Gasteiger partial charge in [-0.15, -0.1) is 0 Å². The van der Waals surface area contributed by atoms with Crippen LogP contribution in [0.4, 0.5) is 5.95 Å². The second kappa shape index (κ2) is 9.49. The third kappa shape index (κ3) is 4.99. The summed E-state index contributed by atoms with van der Waals surface area (Å²) < 4.78 is 8.35. The normalized spacial score (nSPS) is 12.3. The Kier molecular flexibility index (Phi) is 6.31. The second-order valence-electron chi connectivity index (χ2n) is 7.46. The highest BCUT2D eigenvalue weighted by Gasteiger charge is 2.20. The van der Waals surface area contributed by atoms with Crippen LogP contribution in [0.5, 0.6) is 5.75 Å². The van der Waals surface area contributed by atoms with Crippen molar-refractivity contribution in [2.45, 2.75) is 19.6 Å². The predicted molar refractivity (Wildman–Crippen MR) is 124 cm³/mol. The zero-order valence-corrected chi connectivity index (χ0v) is 18.1. The van der Waals surface area contributed by atoms with Crippen LogP contribution in [0.25, 0.3) is 11.2 Å². The number of hydrogen-bond donors (Lipinski definition) is 3. The predicted octanol–water partition coefficient (Wildman–Crippen LogP) is 1.01. The van der Waals surface area contributed by atoms with E-state index in [4.69, 9.17) is 4.74 Å². The van der Waals surface area contributed by atoms with Crippen molar-refractivity contribution in [3.05, 3.63) is 80.8 Å². The minimum atomic E-state index is -0.968. The number of imidazole rings is 1. The third-order valence-corrected chi connectivity index (χ3v) is 4.95. The molecule has 0 radical (unpaired) electrons. The molecule has 0 saturated heterocycles. The van der Waals surface area contributed by atoms with Crippen LogP contribution < -0.4 is 21.4 Å². The lowest BCUT2D eigenvalue weighted by molar-refractivity contribution is 0.0938. The van der Waals surface area contributed by atoms with Crippen LogP contribution in [0, 0.1) is 6.92 Å². The van der Waals surface area contributed by atoms with Gasteiger partial charge in [0.15, 0.2) is 11.2 Å². The van der Waals surface area contributed by atoms with Gasteiger partial charge in [0.2, 0.25) is 5.95 Å². The van der Waals surface area contributed by atoms with Crippen molar-refractivity contribution < 1.29 is 9.84 Å². The molecule has 0 amide bonds. The van der Waals surface area contributed by atoms with Gasteiger partial charge in [0.1, 0.15) is 18.5 Å². The van der Waals surface area contributed by atoms with E-state index in [0.29, 0.717) is 5.75 Å². The van der Waals surface area contributed by atoms with E-state index in [-0.39, 0.29) is 30.3 Å². The van der Waals surface area contributed by atoms with Crippen LogP contribution in [0.15, 0.2) is 63.5 Å². The number of aromatic nitrogens is 5. The van der Waals surface area contributed by atoms with E-state index in [9.17, 15) is 14.7 Å². The fourth-order valence-electron chi connectivity index (χ4n) is 3.20. The quantitative estimate of drug-likeness (QED) is 0.269. The molecule has 170 valence electrons. The number of anilines is 1. The van der Waals surface area contributed by atoms with Gasteiger partial charge in [-0.1, -0.05) is 17.7 Å². The number of nitrogens with zero attached hydrogens (tertiary/aromatic N) is 5. The SMILES string of the molecule is Cc1ccc(OCC(O)Cn2c(NN=Cc3ccncc3)nc3c2c(=O)[nH]c(=O)n3C)cc1. The molecule has 33 heavy (non-hydrogen) atoms. The molecule has 0 aliphatic rings. The molecular formula is C22H23N7O4. The van der Waals surface area contributed by atoms with Crippen LogP contribution in [0.3, 0.4) is 0 Å². The van der Waals surface area contributed by atoms with Crippen LogP contribution >= 0.6 is 0 Å². The minimum absolute atomic E-state index is 0.00781. The molecule has 0 saturated carbocycles. The molecule has 0 bridgehead atoms. The molecule has 3 aromatic heterocycles. The Labute approximate surface area is 188 Å². The van der Waals surface area contributed by atoms with Crippen molar-refractivity contribution in [1.29, 1.82) is 0 Å². The van der Waals surface area contributed by atoms with E-state index >= 15 is 0 Å². The van der Waals surface area contributed by atoms with Gasteiger partial charge in [-0.3, -0.25) is 19.3 Å². The number of hydrogen-bond acceptors (Lipinski definition) is 8. The molecule has 0 aliphatic carbocycles. The number of aliphatic hydroxyl groups is 1. The van der Waals surface area contributed by atoms with Crippen LogP contribution in [0.1, 0.15) is 11.1 Å². The molecule has 0 fully saturated rings. The first-order chi connectivity index (χ1) is 15.9. The van der Waals surface area contributed by atoms with Gasteiger partial charge < -0.3 is 14.4 Å². The molecule has 3 N–H and O–H groups in total. The lowest BCUT2D eigenvalue weighted by Crippen LogP contribution is -2.30. The Bertz CT molecular complexity index is 1390. The summed E-state index contributed by atoms with van der Waals surface area (Å²) in [6.45, 7) is 1.95. The summed E-state index contributed by atoms with van der Waals surface area (Å²) in [5, 5.41) is 14.8. The topological polar surface area (TPSA) is 139 Å². The summed E-state index contributed by atoms with van der Waals surface area (Å²) in [6.07, 6.45) is 3.86. The number of rotatable bonds is 8. The van der Waals surface area contributed by atoms with Gasteiger partial charge in [0, 0.05) is 19.4 Å². The van der Waals surface area contributed by atoms with Gasteiger partial charge in [0.05, 0.1) is 12.8 Å². The van der Waals surface area contributed by atoms with Crippen molar-refractivity contribution in [2.24, 2.45) is 12.1 Å². The first kappa shape index (κ1) is 22.0. The van der Waals surface area contributed by atoms with Gasteiger partial charge in [-0.05, 0) is 36.8 Å². The third-order valence-electron chi connectivity index (χ3n) is 4.95. The summed E-state index contributed by atoms with van der Waals surface area (Å²) in [7, 11) is 1.50. The lowest BCUT2D eigenvalue weighted by Gasteiger charge is -2.15. The largest absolute Gasteiger partial charge is 0.491 e. The van der Waals surface area contributed by atoms with Gasteiger partial charge >= 0.3 is 5.69 Å². The van der Waals surface area contributed by atoms with Crippen molar-refractivity contribution in [3.8, 4) is 5.75 Å². The summed E-state index contributed by atoms with van der Waals surface area (Å²) in [5.74, 6) is 0.812. The Morgan fingerprint density at radius 2 is 1.94 bits per heavy atom. The van der Waals surface area contributed by atoms with E-state index in [2.05, 4.69) is 25.5 Å². The zero-order chi connectivity index (χ0) is 23.4. The molecule has 1 aromatic carbocycles. The maximum absolute atomic E-state index is 12.6. The van der Waals surface area contributed by atoms with Crippen molar-refractivity contribution in [3.63, 3.8) is 0 Å². The second-order valence-corrected chi connectivity index (χ2v) is 7.46. The van der Waals surface area contributed by atoms with Crippen molar-refractivity contribution in [2.75, 3.05) is 12.0 Å². The number of aryl methyl sites for hydroxylation is 2. The Balaban J connectivity index is 1.61. The van der Waals surface area contributed by atoms with Crippen LogP contribution in [-0.4, -0.2) is 48.1 Å². The highest BCUT2D eigenvalue weighted by atomic mass is 16.5. The van der Waals surface area contributed by atoms with E-state index in [1.807, 2.05) is 31.2 Å². The van der Waals surface area contributed by atoms with Crippen molar-refractivity contribution >= 4 is 23.3 Å². The minimum Gasteiger partial charge on any atom is -0.491 e. The number of ether oxygens (including phenoxy) is 1. The number of aliphatic hydroxyl groups excluding tert-OH is 1. The Hall–Kier alpha value is -4.25. The monoisotopic (exact) mass is 449 g/mol. The molecule has 1 unspecified atom stereocenters. The maximum atomic E-state index is 12.6. The average Bonchev–Trinajstić information content (AvgIpc) is 3.16. The molecule has 11 nitrogen and oxygen atoms in total. The summed E-state index contributed by atoms with van der Waals surface area (Å²) in [6, 6.07) is 11.0. The van der Waals surface area contributed by atoms with E-state index in [0.717, 1.165) is 11.1 Å². The highest BCUT2D eigenvalue weighted by Crippen LogP contribution is 2.17. The highest BCUT2D eigenvalue weighted by molar-refractivity contribution is 5.80. The van der Waals surface area contributed by atoms with Crippen LogP contribution in [-0.2, 0) is 13.6 Å². The molecule has 4 rings (SSSR count). The van der Waals surface area contributed by atoms with E-state index in [1.54, 1.807) is 30.7 Å². The smallest absolute Gasteiger partial charge is 0.329 e. The fourth-order valence-corrected chi connectivity index (χ4v) is 3.20. The molecule has 4 aromatic rings. The lowest BCUT2D eigenvalue weighted by atomic mass is 10.2. The number of aromatic amines is 1. The number of fused-ring (bicyclic) bond motifs is 1. The fraction of sp³-hybridized carbons (Fsp3) is 0.227. The summed E-state index contributed by atoms with van der Waals surface area (Å²) in [5.41, 5.74) is 3.79. The summed E-state index contributed by atoms with van der Waals surface area (Å²) in [4.78, 5) is 35.1. The Morgan fingerprint density at radius 1 is 1.21 bits per heavy atom. The van der Waals surface area contributed by atoms with Crippen molar-refractivity contribution in [1.82, 2.24) is 24.1 Å². The molecular weight excluding hydrogens is 426 g/mol. The molecule has 3 heterocycles. The number of benzene rings is 1. The molecule has 1 atom stereocenters. The number of H-pyrrole nitrogens is 1. The molecule has 0 spiro atoms. The van der Waals surface area contributed by atoms with Crippen LogP contribution in [0.2, 0.25) is 0 Å².